The number of amides is 3. The van der Waals surface area contributed by atoms with Crippen molar-refractivity contribution in [3.63, 3.8) is 0 Å². The Morgan fingerprint density at radius 2 is 1.87 bits per heavy atom. The maximum Gasteiger partial charge on any atom is 0.293 e. The zero-order chi connectivity index (χ0) is 21.3. The van der Waals surface area contributed by atoms with Crippen LogP contribution in [-0.2, 0) is 4.79 Å². The Kier molecular flexibility index (Phi) is 5.90. The predicted molar refractivity (Wildman–Crippen MR) is 118 cm³/mol. The Labute approximate surface area is 184 Å². The fourth-order valence-electron chi connectivity index (χ4n) is 2.95. The van der Waals surface area contributed by atoms with Gasteiger partial charge >= 0.3 is 0 Å². The first-order valence-electron chi connectivity index (χ1n) is 8.91. The molecule has 0 bridgehead atoms. The second-order valence-corrected chi connectivity index (χ2v) is 8.78. The van der Waals surface area contributed by atoms with Crippen molar-refractivity contribution in [3.8, 4) is 0 Å². The molecule has 30 heavy (non-hydrogen) atoms. The molecule has 0 radical (unpaired) electrons. The van der Waals surface area contributed by atoms with Crippen LogP contribution in [0.2, 0.25) is 5.02 Å². The Hall–Kier alpha value is -2.68. The lowest BCUT2D eigenvalue weighted by Gasteiger charge is -2.12. The summed E-state index contributed by atoms with van der Waals surface area (Å²) in [5, 5.41) is 3.42. The summed E-state index contributed by atoms with van der Waals surface area (Å²) in [5.74, 6) is -1.35. The van der Waals surface area contributed by atoms with Gasteiger partial charge in [-0.3, -0.25) is 19.3 Å². The molecule has 1 aromatic heterocycles. The average Bonchev–Trinajstić information content (AvgIpc) is 3.21. The zero-order valence-corrected chi connectivity index (χ0v) is 17.7. The third-order valence-electron chi connectivity index (χ3n) is 4.43. The number of nitrogens with one attached hydrogen (secondary N) is 1. The molecule has 3 aromatic rings. The Balaban J connectivity index is 1.40. The molecule has 2 heterocycles. The van der Waals surface area contributed by atoms with Gasteiger partial charge in [-0.1, -0.05) is 48.0 Å². The van der Waals surface area contributed by atoms with E-state index in [2.05, 4.69) is 5.32 Å². The first-order valence-corrected chi connectivity index (χ1v) is 10.9. The van der Waals surface area contributed by atoms with Crippen molar-refractivity contribution in [2.45, 2.75) is 0 Å². The lowest BCUT2D eigenvalue weighted by atomic mass is 10.2. The quantitative estimate of drug-likeness (QED) is 0.534. The van der Waals surface area contributed by atoms with Gasteiger partial charge in [0, 0.05) is 28.7 Å². The van der Waals surface area contributed by atoms with Gasteiger partial charge < -0.3 is 5.32 Å². The van der Waals surface area contributed by atoms with E-state index in [9.17, 15) is 18.8 Å². The second kappa shape index (κ2) is 8.59. The molecule has 152 valence electrons. The third kappa shape index (κ3) is 3.98. The molecular formula is C21H14ClFN2O3S2. The van der Waals surface area contributed by atoms with E-state index in [-0.39, 0.29) is 29.5 Å². The van der Waals surface area contributed by atoms with E-state index in [0.29, 0.717) is 9.90 Å². The molecule has 3 amide bonds. The van der Waals surface area contributed by atoms with Gasteiger partial charge in [-0.15, -0.1) is 11.3 Å². The minimum atomic E-state index is -0.512. The van der Waals surface area contributed by atoms with E-state index < -0.39 is 17.0 Å². The van der Waals surface area contributed by atoms with E-state index in [1.807, 2.05) is 24.3 Å². The highest BCUT2D eigenvalue weighted by Crippen LogP contribution is 2.35. The standard InChI is InChI=1S/C21H14ClFN2O3S2/c22-17-13-6-2-4-8-15(13)29-18(17)19(26)24-9-10-25-20(27)16(30-21(25)28)11-12-5-1-3-7-14(12)23/h1-8,11H,9-10H2,(H,24,26)/b16-11-. The molecule has 0 aliphatic carbocycles. The van der Waals surface area contributed by atoms with Gasteiger partial charge in [0.05, 0.1) is 9.93 Å². The van der Waals surface area contributed by atoms with Crippen molar-refractivity contribution in [1.82, 2.24) is 10.2 Å². The summed E-state index contributed by atoms with van der Waals surface area (Å²) in [4.78, 5) is 38.7. The summed E-state index contributed by atoms with van der Waals surface area (Å²) >= 11 is 8.33. The highest BCUT2D eigenvalue weighted by Gasteiger charge is 2.35. The van der Waals surface area contributed by atoms with Gasteiger partial charge in [-0.05, 0) is 30.0 Å². The van der Waals surface area contributed by atoms with Crippen LogP contribution in [0, 0.1) is 5.82 Å². The van der Waals surface area contributed by atoms with Gasteiger partial charge in [-0.25, -0.2) is 4.39 Å². The van der Waals surface area contributed by atoms with Gasteiger partial charge in [-0.2, -0.15) is 0 Å². The lowest BCUT2D eigenvalue weighted by molar-refractivity contribution is -0.122. The third-order valence-corrected chi connectivity index (χ3v) is 7.01. The summed E-state index contributed by atoms with van der Waals surface area (Å²) < 4.78 is 14.7. The van der Waals surface area contributed by atoms with Crippen molar-refractivity contribution in [3.05, 3.63) is 74.7 Å². The number of halogens is 2. The average molecular weight is 461 g/mol. The van der Waals surface area contributed by atoms with Crippen molar-refractivity contribution in [1.29, 1.82) is 0 Å². The molecule has 4 rings (SSSR count). The number of rotatable bonds is 5. The number of thioether (sulfide) groups is 1. The maximum absolute atomic E-state index is 13.8. The van der Waals surface area contributed by atoms with E-state index >= 15 is 0 Å². The predicted octanol–water partition coefficient (Wildman–Crippen LogP) is 5.16. The van der Waals surface area contributed by atoms with Crippen molar-refractivity contribution < 1.29 is 18.8 Å². The molecule has 1 aliphatic rings. The highest BCUT2D eigenvalue weighted by molar-refractivity contribution is 8.18. The second-order valence-electron chi connectivity index (χ2n) is 6.35. The monoisotopic (exact) mass is 460 g/mol. The summed E-state index contributed by atoms with van der Waals surface area (Å²) in [6.45, 7) is 0.0853. The maximum atomic E-state index is 13.8. The molecule has 1 aliphatic heterocycles. The van der Waals surface area contributed by atoms with Gasteiger partial charge in [0.15, 0.2) is 0 Å². The van der Waals surface area contributed by atoms with Gasteiger partial charge in [0.2, 0.25) is 0 Å². The molecule has 0 spiro atoms. The lowest BCUT2D eigenvalue weighted by Crippen LogP contribution is -2.37. The SMILES string of the molecule is O=C(NCCN1C(=O)S/C(=C\c2ccccc2F)C1=O)c1sc2ccccc2c1Cl. The van der Waals surface area contributed by atoms with Crippen LogP contribution in [0.25, 0.3) is 16.2 Å². The molecule has 5 nitrogen and oxygen atoms in total. The van der Waals surface area contributed by atoms with Crippen LogP contribution >= 0.6 is 34.7 Å². The molecular weight excluding hydrogens is 447 g/mol. The van der Waals surface area contributed by atoms with Crippen LogP contribution in [0.5, 0.6) is 0 Å². The smallest absolute Gasteiger partial charge is 0.293 e. The summed E-state index contributed by atoms with van der Waals surface area (Å²) in [5.41, 5.74) is 0.232. The molecule has 9 heteroatoms. The summed E-state index contributed by atoms with van der Waals surface area (Å²) in [7, 11) is 0. The van der Waals surface area contributed by atoms with E-state index in [4.69, 9.17) is 11.6 Å². The molecule has 0 unspecified atom stereocenters. The zero-order valence-electron chi connectivity index (χ0n) is 15.4. The number of imide groups is 1. The first-order chi connectivity index (χ1) is 14.5. The number of fused-ring (bicyclic) bond motifs is 1. The number of hydrogen-bond acceptors (Lipinski definition) is 5. The summed E-state index contributed by atoms with van der Waals surface area (Å²) in [6.07, 6.45) is 1.36. The molecule has 1 saturated heterocycles. The number of carbonyl (C=O) groups is 3. The Morgan fingerprint density at radius 3 is 2.63 bits per heavy atom. The molecule has 2 aromatic carbocycles. The molecule has 1 N–H and O–H groups in total. The topological polar surface area (TPSA) is 66.5 Å². The fourth-order valence-corrected chi connectivity index (χ4v) is 5.24. The van der Waals surface area contributed by atoms with Crippen molar-refractivity contribution in [2.24, 2.45) is 0 Å². The molecule has 0 saturated carbocycles. The van der Waals surface area contributed by atoms with Crippen LogP contribution in [-0.4, -0.2) is 35.0 Å². The highest BCUT2D eigenvalue weighted by atomic mass is 35.5. The van der Waals surface area contributed by atoms with Crippen LogP contribution in [0.15, 0.2) is 53.4 Å². The van der Waals surface area contributed by atoms with Crippen LogP contribution in [0.4, 0.5) is 9.18 Å². The van der Waals surface area contributed by atoms with Crippen LogP contribution in [0.3, 0.4) is 0 Å². The summed E-state index contributed by atoms with van der Waals surface area (Å²) in [6, 6.07) is 13.4. The first kappa shape index (κ1) is 20.6. The van der Waals surface area contributed by atoms with Gasteiger partial charge in [0.25, 0.3) is 17.1 Å². The van der Waals surface area contributed by atoms with E-state index in [1.165, 1.54) is 29.5 Å². The number of nitrogens with zero attached hydrogens (tertiary/aromatic N) is 1. The Morgan fingerprint density at radius 1 is 1.13 bits per heavy atom. The number of benzene rings is 2. The molecule has 0 atom stereocenters. The van der Waals surface area contributed by atoms with Gasteiger partial charge in [0.1, 0.15) is 10.7 Å². The largest absolute Gasteiger partial charge is 0.349 e. The fraction of sp³-hybridized carbons (Fsp3) is 0.0952. The Bertz CT molecular complexity index is 1210. The van der Waals surface area contributed by atoms with E-state index in [0.717, 1.165) is 26.7 Å². The number of carbonyl (C=O) groups excluding carboxylic acids is 3. The minimum Gasteiger partial charge on any atom is -0.349 e. The number of thiophene rings is 1. The normalized spacial score (nSPS) is 15.4. The van der Waals surface area contributed by atoms with E-state index in [1.54, 1.807) is 12.1 Å². The molecule has 1 fully saturated rings. The number of hydrogen-bond donors (Lipinski definition) is 1. The minimum absolute atomic E-state index is 0.00747. The van der Waals surface area contributed by atoms with Crippen LogP contribution < -0.4 is 5.32 Å². The van der Waals surface area contributed by atoms with Crippen molar-refractivity contribution >= 4 is 67.9 Å². The van der Waals surface area contributed by atoms with Crippen LogP contribution in [0.1, 0.15) is 15.2 Å². The van der Waals surface area contributed by atoms with Crippen molar-refractivity contribution in [2.75, 3.05) is 13.1 Å².